The van der Waals surface area contributed by atoms with E-state index in [9.17, 15) is 18.0 Å². The maximum atomic E-state index is 13.4. The van der Waals surface area contributed by atoms with Gasteiger partial charge in [-0.15, -0.1) is 0 Å². The lowest BCUT2D eigenvalue weighted by molar-refractivity contribution is -0.0689. The van der Waals surface area contributed by atoms with E-state index in [0.717, 1.165) is 12.1 Å². The van der Waals surface area contributed by atoms with Gasteiger partial charge in [-0.1, -0.05) is 46.4 Å². The van der Waals surface area contributed by atoms with E-state index in [1.165, 1.54) is 24.3 Å². The van der Waals surface area contributed by atoms with Crippen LogP contribution in [0.4, 0.5) is 13.2 Å². The first-order chi connectivity index (χ1) is 11.1. The summed E-state index contributed by atoms with van der Waals surface area (Å²) in [6.45, 7) is 1.66. The van der Waals surface area contributed by atoms with Crippen LogP contribution in [0.1, 0.15) is 21.5 Å². The second-order valence-electron chi connectivity index (χ2n) is 5.15. The second kappa shape index (κ2) is 7.03. The lowest BCUT2D eigenvalue weighted by Gasteiger charge is -2.13. The summed E-state index contributed by atoms with van der Waals surface area (Å²) < 4.78 is 40.1. The minimum Gasteiger partial charge on any atom is -0.289 e. The van der Waals surface area contributed by atoms with Gasteiger partial charge in [-0.25, -0.2) is 0 Å². The molecule has 2 rings (SSSR count). The monoisotopic (exact) mass is 368 g/mol. The van der Waals surface area contributed by atoms with Gasteiger partial charge in [-0.2, -0.15) is 13.2 Å². The average molecular weight is 369 g/mol. The van der Waals surface area contributed by atoms with Crippen LogP contribution >= 0.6 is 23.2 Å². The average Bonchev–Trinajstić information content (AvgIpc) is 2.45. The molecule has 2 radical (unpaired) electrons. The van der Waals surface area contributed by atoms with Gasteiger partial charge in [0.05, 0.1) is 5.57 Å². The largest absolute Gasteiger partial charge is 0.417 e. The van der Waals surface area contributed by atoms with Crippen LogP contribution in [0.2, 0.25) is 10.0 Å². The van der Waals surface area contributed by atoms with Crippen molar-refractivity contribution in [2.24, 2.45) is 0 Å². The number of ketones is 1. The Balaban J connectivity index is 2.53. The van der Waals surface area contributed by atoms with Gasteiger partial charge in [0.1, 0.15) is 7.85 Å². The molecular formula is C17H10BCl2F3O. The third kappa shape index (κ3) is 4.43. The Kier molecular flexibility index (Phi) is 5.46. The zero-order valence-corrected chi connectivity index (χ0v) is 13.9. The predicted molar refractivity (Wildman–Crippen MR) is 91.4 cm³/mol. The SMILES string of the molecule is [B]c1ccc(C(=O)/C=C(\c2cc(Cl)cc(Cl)c2)C(F)(F)F)cc1C. The van der Waals surface area contributed by atoms with Gasteiger partial charge in [0.25, 0.3) is 0 Å². The van der Waals surface area contributed by atoms with Crippen LogP contribution in [0.15, 0.2) is 42.5 Å². The van der Waals surface area contributed by atoms with E-state index in [4.69, 9.17) is 31.0 Å². The number of allylic oxidation sites excluding steroid dienone is 2. The Morgan fingerprint density at radius 3 is 2.12 bits per heavy atom. The van der Waals surface area contributed by atoms with Gasteiger partial charge >= 0.3 is 6.18 Å². The van der Waals surface area contributed by atoms with Crippen LogP contribution in [0.3, 0.4) is 0 Å². The molecule has 7 heteroatoms. The van der Waals surface area contributed by atoms with Crippen LogP contribution in [-0.4, -0.2) is 19.8 Å². The molecule has 0 unspecified atom stereocenters. The third-order valence-electron chi connectivity index (χ3n) is 3.31. The summed E-state index contributed by atoms with van der Waals surface area (Å²) in [6.07, 6.45) is -4.21. The number of hydrogen-bond acceptors (Lipinski definition) is 1. The molecule has 2 aromatic carbocycles. The predicted octanol–water partition coefficient (Wildman–Crippen LogP) is 4.92. The highest BCUT2D eigenvalue weighted by Crippen LogP contribution is 2.36. The quantitative estimate of drug-likeness (QED) is 0.426. The molecule has 0 amide bonds. The van der Waals surface area contributed by atoms with Crippen molar-refractivity contribution < 1.29 is 18.0 Å². The summed E-state index contributed by atoms with van der Waals surface area (Å²) in [5, 5.41) is 0.0897. The smallest absolute Gasteiger partial charge is 0.289 e. The molecule has 0 saturated heterocycles. The third-order valence-corrected chi connectivity index (χ3v) is 3.75. The minimum atomic E-state index is -4.74. The number of halogens is 5. The van der Waals surface area contributed by atoms with Crippen molar-refractivity contribution in [3.63, 3.8) is 0 Å². The Hall–Kier alpha value is -1.72. The highest BCUT2D eigenvalue weighted by Gasteiger charge is 2.35. The van der Waals surface area contributed by atoms with Gasteiger partial charge in [0.2, 0.25) is 0 Å². The van der Waals surface area contributed by atoms with Crippen LogP contribution < -0.4 is 5.46 Å². The molecule has 0 aliphatic heterocycles. The molecule has 0 aliphatic carbocycles. The Morgan fingerprint density at radius 2 is 1.62 bits per heavy atom. The fraction of sp³-hybridized carbons (Fsp3) is 0.118. The summed E-state index contributed by atoms with van der Waals surface area (Å²) >= 11 is 11.5. The van der Waals surface area contributed by atoms with E-state index in [0.29, 0.717) is 17.1 Å². The molecule has 122 valence electrons. The summed E-state index contributed by atoms with van der Waals surface area (Å²) in [5.74, 6) is -0.790. The van der Waals surface area contributed by atoms with Crippen molar-refractivity contribution in [1.29, 1.82) is 0 Å². The van der Waals surface area contributed by atoms with Crippen molar-refractivity contribution in [2.75, 3.05) is 0 Å². The number of aryl methyl sites for hydroxylation is 1. The molecule has 0 spiro atoms. The van der Waals surface area contributed by atoms with Gasteiger partial charge in [0, 0.05) is 15.6 Å². The zero-order valence-electron chi connectivity index (χ0n) is 12.4. The number of rotatable bonds is 3. The molecule has 2 aromatic rings. The molecule has 0 fully saturated rings. The first kappa shape index (κ1) is 18.6. The lowest BCUT2D eigenvalue weighted by atomic mass is 9.89. The molecule has 0 aromatic heterocycles. The molecule has 1 nitrogen and oxygen atoms in total. The van der Waals surface area contributed by atoms with Gasteiger partial charge < -0.3 is 0 Å². The number of hydrogen-bond donors (Lipinski definition) is 0. The second-order valence-corrected chi connectivity index (χ2v) is 6.02. The minimum absolute atomic E-state index is 0.0448. The number of benzene rings is 2. The fourth-order valence-electron chi connectivity index (χ4n) is 2.08. The molecule has 0 saturated carbocycles. The summed E-state index contributed by atoms with van der Waals surface area (Å²) in [4.78, 5) is 12.2. The number of carbonyl (C=O) groups is 1. The number of alkyl halides is 3. The van der Waals surface area contributed by atoms with E-state index >= 15 is 0 Å². The Labute approximate surface area is 148 Å². The van der Waals surface area contributed by atoms with E-state index in [1.807, 2.05) is 0 Å². The van der Waals surface area contributed by atoms with Gasteiger partial charge in [-0.05, 0) is 42.8 Å². The molecular weight excluding hydrogens is 359 g/mol. The van der Waals surface area contributed by atoms with Crippen LogP contribution in [-0.2, 0) is 0 Å². The maximum Gasteiger partial charge on any atom is 0.417 e. The van der Waals surface area contributed by atoms with Crippen molar-refractivity contribution in [2.45, 2.75) is 13.1 Å². The Morgan fingerprint density at radius 1 is 1.04 bits per heavy atom. The first-order valence-corrected chi connectivity index (χ1v) is 7.49. The highest BCUT2D eigenvalue weighted by molar-refractivity contribution is 6.35. The van der Waals surface area contributed by atoms with Gasteiger partial charge in [0.15, 0.2) is 5.78 Å². The molecule has 0 aliphatic rings. The van der Waals surface area contributed by atoms with Crippen LogP contribution in [0.25, 0.3) is 5.57 Å². The highest BCUT2D eigenvalue weighted by atomic mass is 35.5. The lowest BCUT2D eigenvalue weighted by Crippen LogP contribution is -2.14. The van der Waals surface area contributed by atoms with E-state index < -0.39 is 17.5 Å². The molecule has 0 N–H and O–H groups in total. The zero-order chi connectivity index (χ0) is 18.1. The van der Waals surface area contributed by atoms with Crippen molar-refractivity contribution in [3.8, 4) is 0 Å². The van der Waals surface area contributed by atoms with E-state index in [1.54, 1.807) is 6.92 Å². The molecule has 0 heterocycles. The maximum absolute atomic E-state index is 13.4. The first-order valence-electron chi connectivity index (χ1n) is 6.74. The molecule has 0 bridgehead atoms. The summed E-state index contributed by atoms with van der Waals surface area (Å²) in [7, 11) is 5.65. The number of carbonyl (C=O) groups excluding carboxylic acids is 1. The molecule has 0 atom stereocenters. The standard InChI is InChI=1S/C17H10BCl2F3O/c1-9-4-10(2-3-15(9)18)16(24)8-14(17(21,22)23)11-5-12(19)7-13(20)6-11/h2-8H,1H3/b14-8+. The van der Waals surface area contributed by atoms with Crippen LogP contribution in [0.5, 0.6) is 0 Å². The fourth-order valence-corrected chi connectivity index (χ4v) is 2.61. The van der Waals surface area contributed by atoms with Crippen molar-refractivity contribution in [1.82, 2.24) is 0 Å². The normalized spacial score (nSPS) is 12.3. The Bertz CT molecular complexity index is 809. The van der Waals surface area contributed by atoms with Crippen molar-refractivity contribution in [3.05, 3.63) is 69.2 Å². The summed E-state index contributed by atoms with van der Waals surface area (Å²) in [5.41, 5.74) is -0.231. The molecule has 24 heavy (non-hydrogen) atoms. The summed E-state index contributed by atoms with van der Waals surface area (Å²) in [6, 6.07) is 7.81. The van der Waals surface area contributed by atoms with E-state index in [2.05, 4.69) is 0 Å². The van der Waals surface area contributed by atoms with Crippen molar-refractivity contribution >= 4 is 47.9 Å². The van der Waals surface area contributed by atoms with Gasteiger partial charge in [-0.3, -0.25) is 4.79 Å². The van der Waals surface area contributed by atoms with Crippen LogP contribution in [0, 0.1) is 6.92 Å². The topological polar surface area (TPSA) is 17.1 Å². The van der Waals surface area contributed by atoms with E-state index in [-0.39, 0.29) is 21.2 Å².